The molecule has 0 aliphatic rings. The molecule has 90 valence electrons. The highest BCUT2D eigenvalue weighted by Gasteiger charge is 2.08. The van der Waals surface area contributed by atoms with Crippen LogP contribution < -0.4 is 5.32 Å². The minimum Gasteiger partial charge on any atom is -0.472 e. The number of hydrogen-bond acceptors (Lipinski definition) is 2. The van der Waals surface area contributed by atoms with Crippen LogP contribution in [0.15, 0.2) is 65.5 Å². The Hall–Kier alpha value is -2.22. The zero-order valence-electron chi connectivity index (χ0n) is 10.3. The molecule has 1 unspecified atom stereocenters. The van der Waals surface area contributed by atoms with E-state index in [0.29, 0.717) is 0 Å². The predicted molar refractivity (Wildman–Crippen MR) is 74.7 cm³/mol. The molecule has 0 amide bonds. The van der Waals surface area contributed by atoms with E-state index in [9.17, 15) is 0 Å². The van der Waals surface area contributed by atoms with Crippen molar-refractivity contribution in [1.82, 2.24) is 0 Å². The molecule has 0 spiro atoms. The zero-order chi connectivity index (χ0) is 12.4. The topological polar surface area (TPSA) is 25.2 Å². The van der Waals surface area contributed by atoms with E-state index >= 15 is 0 Å². The van der Waals surface area contributed by atoms with E-state index in [0.717, 1.165) is 11.3 Å². The van der Waals surface area contributed by atoms with Crippen LogP contribution in [0.3, 0.4) is 0 Å². The lowest BCUT2D eigenvalue weighted by molar-refractivity contribution is 0.562. The minimum absolute atomic E-state index is 0.231. The molecule has 1 atom stereocenters. The molecule has 0 aliphatic carbocycles. The highest BCUT2D eigenvalue weighted by Crippen LogP contribution is 2.26. The molecule has 2 aromatic carbocycles. The van der Waals surface area contributed by atoms with Crippen LogP contribution in [0.5, 0.6) is 0 Å². The average Bonchev–Trinajstić information content (AvgIpc) is 2.93. The van der Waals surface area contributed by atoms with E-state index in [2.05, 4.69) is 54.7 Å². The SMILES string of the molecule is CC(Nc1cccc2ccccc12)c1ccoc1. The lowest BCUT2D eigenvalue weighted by Gasteiger charge is -2.15. The molecule has 1 aromatic heterocycles. The third-order valence-electron chi connectivity index (χ3n) is 3.20. The minimum atomic E-state index is 0.231. The second-order valence-electron chi connectivity index (χ2n) is 4.45. The van der Waals surface area contributed by atoms with E-state index in [1.807, 2.05) is 6.07 Å². The Balaban J connectivity index is 1.95. The predicted octanol–water partition coefficient (Wildman–Crippen LogP) is 4.61. The van der Waals surface area contributed by atoms with Crippen molar-refractivity contribution in [2.45, 2.75) is 13.0 Å². The van der Waals surface area contributed by atoms with E-state index in [4.69, 9.17) is 4.42 Å². The molecule has 0 aliphatic heterocycles. The summed E-state index contributed by atoms with van der Waals surface area (Å²) < 4.78 is 5.12. The second kappa shape index (κ2) is 4.57. The highest BCUT2D eigenvalue weighted by molar-refractivity contribution is 5.93. The molecular weight excluding hydrogens is 222 g/mol. The van der Waals surface area contributed by atoms with Crippen LogP contribution >= 0.6 is 0 Å². The van der Waals surface area contributed by atoms with Crippen LogP contribution in [-0.2, 0) is 0 Å². The van der Waals surface area contributed by atoms with Crippen LogP contribution in [0, 0.1) is 0 Å². The van der Waals surface area contributed by atoms with Crippen molar-refractivity contribution in [3.63, 3.8) is 0 Å². The summed E-state index contributed by atoms with van der Waals surface area (Å²) in [6, 6.07) is 16.9. The maximum absolute atomic E-state index is 5.12. The first-order chi connectivity index (χ1) is 8.84. The smallest absolute Gasteiger partial charge is 0.0955 e. The number of nitrogens with one attached hydrogen (secondary N) is 1. The van der Waals surface area contributed by atoms with Crippen molar-refractivity contribution in [3.8, 4) is 0 Å². The van der Waals surface area contributed by atoms with E-state index in [-0.39, 0.29) is 6.04 Å². The fraction of sp³-hybridized carbons (Fsp3) is 0.125. The largest absolute Gasteiger partial charge is 0.472 e. The van der Waals surface area contributed by atoms with Crippen molar-refractivity contribution in [2.24, 2.45) is 0 Å². The van der Waals surface area contributed by atoms with Crippen molar-refractivity contribution < 1.29 is 4.42 Å². The van der Waals surface area contributed by atoms with Gasteiger partial charge in [-0.05, 0) is 24.4 Å². The Morgan fingerprint density at radius 1 is 1.00 bits per heavy atom. The summed E-state index contributed by atoms with van der Waals surface area (Å²) in [5.41, 5.74) is 2.31. The van der Waals surface area contributed by atoms with Gasteiger partial charge in [-0.1, -0.05) is 36.4 Å². The molecule has 0 saturated carbocycles. The van der Waals surface area contributed by atoms with Crippen molar-refractivity contribution in [3.05, 3.63) is 66.6 Å². The quantitative estimate of drug-likeness (QED) is 0.719. The molecule has 2 nitrogen and oxygen atoms in total. The summed E-state index contributed by atoms with van der Waals surface area (Å²) in [6.45, 7) is 2.13. The Labute approximate surface area is 106 Å². The lowest BCUT2D eigenvalue weighted by atomic mass is 10.1. The Morgan fingerprint density at radius 2 is 1.83 bits per heavy atom. The van der Waals surface area contributed by atoms with E-state index in [1.165, 1.54) is 10.8 Å². The normalized spacial score (nSPS) is 12.5. The molecular formula is C16H15NO. The maximum atomic E-state index is 5.12. The first kappa shape index (κ1) is 10.9. The summed E-state index contributed by atoms with van der Waals surface area (Å²) >= 11 is 0. The van der Waals surface area contributed by atoms with Crippen LogP contribution in [0.4, 0.5) is 5.69 Å². The fourth-order valence-corrected chi connectivity index (χ4v) is 2.19. The number of rotatable bonds is 3. The van der Waals surface area contributed by atoms with Gasteiger partial charge in [0.05, 0.1) is 18.6 Å². The summed E-state index contributed by atoms with van der Waals surface area (Å²) in [7, 11) is 0. The Morgan fingerprint density at radius 3 is 2.67 bits per heavy atom. The van der Waals surface area contributed by atoms with Gasteiger partial charge in [-0.2, -0.15) is 0 Å². The molecule has 3 aromatic rings. The third-order valence-corrected chi connectivity index (χ3v) is 3.20. The molecule has 0 fully saturated rings. The monoisotopic (exact) mass is 237 g/mol. The van der Waals surface area contributed by atoms with Crippen LogP contribution in [0.1, 0.15) is 18.5 Å². The first-order valence-corrected chi connectivity index (χ1v) is 6.11. The van der Waals surface area contributed by atoms with Gasteiger partial charge in [0.25, 0.3) is 0 Å². The highest BCUT2D eigenvalue weighted by atomic mass is 16.3. The maximum Gasteiger partial charge on any atom is 0.0955 e. The lowest BCUT2D eigenvalue weighted by Crippen LogP contribution is -2.05. The van der Waals surface area contributed by atoms with Gasteiger partial charge in [0.15, 0.2) is 0 Å². The van der Waals surface area contributed by atoms with Gasteiger partial charge in [-0.25, -0.2) is 0 Å². The number of benzene rings is 2. The number of furan rings is 1. The molecule has 0 radical (unpaired) electrons. The van der Waals surface area contributed by atoms with E-state index < -0.39 is 0 Å². The zero-order valence-corrected chi connectivity index (χ0v) is 10.3. The number of fused-ring (bicyclic) bond motifs is 1. The van der Waals surface area contributed by atoms with Gasteiger partial charge in [0.2, 0.25) is 0 Å². The van der Waals surface area contributed by atoms with Crippen LogP contribution in [-0.4, -0.2) is 0 Å². The van der Waals surface area contributed by atoms with Gasteiger partial charge in [-0.15, -0.1) is 0 Å². The average molecular weight is 237 g/mol. The van der Waals surface area contributed by atoms with Crippen molar-refractivity contribution in [2.75, 3.05) is 5.32 Å². The van der Waals surface area contributed by atoms with Gasteiger partial charge in [0, 0.05) is 16.6 Å². The molecule has 3 rings (SSSR count). The number of hydrogen-bond donors (Lipinski definition) is 1. The summed E-state index contributed by atoms with van der Waals surface area (Å²) in [5.74, 6) is 0. The molecule has 1 heterocycles. The van der Waals surface area contributed by atoms with Crippen LogP contribution in [0.25, 0.3) is 10.8 Å². The molecule has 2 heteroatoms. The molecule has 1 N–H and O–H groups in total. The summed E-state index contributed by atoms with van der Waals surface area (Å²) in [6.07, 6.45) is 3.49. The Bertz CT molecular complexity index is 638. The second-order valence-corrected chi connectivity index (χ2v) is 4.45. The summed E-state index contributed by atoms with van der Waals surface area (Å²) in [5, 5.41) is 6.02. The van der Waals surface area contributed by atoms with Gasteiger partial charge in [-0.3, -0.25) is 0 Å². The van der Waals surface area contributed by atoms with Gasteiger partial charge in [0.1, 0.15) is 0 Å². The standard InChI is InChI=1S/C16H15NO/c1-12(14-9-10-18-11-14)17-16-8-4-6-13-5-2-3-7-15(13)16/h2-12,17H,1H3. The first-order valence-electron chi connectivity index (χ1n) is 6.11. The van der Waals surface area contributed by atoms with Gasteiger partial charge >= 0.3 is 0 Å². The van der Waals surface area contributed by atoms with Crippen molar-refractivity contribution >= 4 is 16.5 Å². The summed E-state index contributed by atoms with van der Waals surface area (Å²) in [4.78, 5) is 0. The molecule has 18 heavy (non-hydrogen) atoms. The fourth-order valence-electron chi connectivity index (χ4n) is 2.19. The van der Waals surface area contributed by atoms with Crippen molar-refractivity contribution in [1.29, 1.82) is 0 Å². The number of anilines is 1. The third kappa shape index (κ3) is 1.97. The van der Waals surface area contributed by atoms with Crippen LogP contribution in [0.2, 0.25) is 0 Å². The Kier molecular flexibility index (Phi) is 2.77. The van der Waals surface area contributed by atoms with Gasteiger partial charge < -0.3 is 9.73 Å². The molecule has 0 bridgehead atoms. The molecule has 0 saturated heterocycles. The van der Waals surface area contributed by atoms with E-state index in [1.54, 1.807) is 12.5 Å².